The van der Waals surface area contributed by atoms with Crippen LogP contribution in [0.5, 0.6) is 0 Å². The summed E-state index contributed by atoms with van der Waals surface area (Å²) in [4.78, 5) is 20.0. The third kappa shape index (κ3) is 2.91. The predicted molar refractivity (Wildman–Crippen MR) is 107 cm³/mol. The molecule has 140 valence electrons. The largest absolute Gasteiger partial charge is 0.333 e. The molecule has 0 spiro atoms. The van der Waals surface area contributed by atoms with E-state index in [0.717, 1.165) is 22.1 Å². The Morgan fingerprint density at radius 1 is 1.11 bits per heavy atom. The van der Waals surface area contributed by atoms with Gasteiger partial charge in [0, 0.05) is 31.0 Å². The Kier molecular flexibility index (Phi) is 4.05. The first kappa shape index (κ1) is 16.9. The number of thiazole rings is 1. The van der Waals surface area contributed by atoms with Crippen LogP contribution in [0.3, 0.4) is 0 Å². The smallest absolute Gasteiger partial charge is 0.266 e. The Labute approximate surface area is 165 Å². The van der Waals surface area contributed by atoms with Crippen LogP contribution in [0.15, 0.2) is 61.1 Å². The fourth-order valence-electron chi connectivity index (χ4n) is 3.28. The van der Waals surface area contributed by atoms with Gasteiger partial charge in [-0.2, -0.15) is 0 Å². The molecule has 1 aliphatic rings. The van der Waals surface area contributed by atoms with Gasteiger partial charge in [0.2, 0.25) is 0 Å². The van der Waals surface area contributed by atoms with Crippen molar-refractivity contribution in [3.63, 3.8) is 0 Å². The minimum Gasteiger partial charge on any atom is -0.333 e. The summed E-state index contributed by atoms with van der Waals surface area (Å²) >= 11 is 1.43. The van der Waals surface area contributed by atoms with Crippen molar-refractivity contribution in [2.24, 2.45) is 0 Å². The van der Waals surface area contributed by atoms with E-state index >= 15 is 0 Å². The summed E-state index contributed by atoms with van der Waals surface area (Å²) in [5.74, 6) is 0.0352. The summed E-state index contributed by atoms with van der Waals surface area (Å²) in [6.45, 7) is 3.15. The van der Waals surface area contributed by atoms with Gasteiger partial charge in [-0.25, -0.2) is 9.67 Å². The lowest BCUT2D eigenvalue weighted by Gasteiger charge is -2.38. The first-order chi connectivity index (χ1) is 13.7. The van der Waals surface area contributed by atoms with Crippen molar-refractivity contribution in [3.8, 4) is 16.4 Å². The molecule has 7 nitrogen and oxygen atoms in total. The highest BCUT2D eigenvalue weighted by atomic mass is 32.1. The van der Waals surface area contributed by atoms with E-state index in [1.54, 1.807) is 0 Å². The van der Waals surface area contributed by atoms with Crippen LogP contribution in [0.2, 0.25) is 0 Å². The maximum absolute atomic E-state index is 12.9. The highest BCUT2D eigenvalue weighted by molar-refractivity contribution is 7.16. The van der Waals surface area contributed by atoms with Gasteiger partial charge in [0.1, 0.15) is 10.6 Å². The number of rotatable bonds is 4. The minimum atomic E-state index is 0.0352. The Morgan fingerprint density at radius 3 is 2.61 bits per heavy atom. The highest BCUT2D eigenvalue weighted by Crippen LogP contribution is 2.28. The zero-order valence-corrected chi connectivity index (χ0v) is 16.1. The maximum Gasteiger partial charge on any atom is 0.266 e. The molecule has 4 aromatic rings. The zero-order chi connectivity index (χ0) is 19.1. The van der Waals surface area contributed by atoms with Crippen LogP contribution in [-0.4, -0.2) is 48.4 Å². The van der Waals surface area contributed by atoms with Crippen molar-refractivity contribution >= 4 is 17.2 Å². The summed E-state index contributed by atoms with van der Waals surface area (Å²) in [7, 11) is 0. The SMILES string of the molecule is Cc1nc(-n2cccc2)sc1C(=O)N1CC(n2cc(-c3ccccc3)nn2)C1. The van der Waals surface area contributed by atoms with E-state index < -0.39 is 0 Å². The van der Waals surface area contributed by atoms with Crippen molar-refractivity contribution < 1.29 is 4.79 Å². The average molecular weight is 390 g/mol. The first-order valence-corrected chi connectivity index (χ1v) is 9.88. The van der Waals surface area contributed by atoms with Gasteiger partial charge in [0.15, 0.2) is 5.13 Å². The third-order valence-corrected chi connectivity index (χ3v) is 6.07. The van der Waals surface area contributed by atoms with Crippen molar-refractivity contribution in [2.75, 3.05) is 13.1 Å². The van der Waals surface area contributed by atoms with Crippen LogP contribution < -0.4 is 0 Å². The number of hydrogen-bond donors (Lipinski definition) is 0. The normalized spacial score (nSPS) is 14.2. The molecule has 28 heavy (non-hydrogen) atoms. The standard InChI is InChI=1S/C20H18N6OS/c1-14-18(28-20(21-14)24-9-5-6-10-24)19(27)25-11-16(12-25)26-13-17(22-23-26)15-7-3-2-4-8-15/h2-10,13,16H,11-12H2,1H3. The third-order valence-electron chi connectivity index (χ3n) is 4.91. The van der Waals surface area contributed by atoms with E-state index in [9.17, 15) is 4.79 Å². The van der Waals surface area contributed by atoms with E-state index in [-0.39, 0.29) is 11.9 Å². The Hall–Kier alpha value is -3.26. The Balaban J connectivity index is 1.27. The zero-order valence-electron chi connectivity index (χ0n) is 15.3. The van der Waals surface area contributed by atoms with Crippen LogP contribution in [0.1, 0.15) is 21.4 Å². The van der Waals surface area contributed by atoms with Gasteiger partial charge in [-0.05, 0) is 19.1 Å². The lowest BCUT2D eigenvalue weighted by atomic mass is 10.1. The number of carbonyl (C=O) groups excluding carboxylic acids is 1. The second-order valence-corrected chi connectivity index (χ2v) is 7.79. The molecule has 1 aromatic carbocycles. The number of carbonyl (C=O) groups is 1. The minimum absolute atomic E-state index is 0.0352. The second kappa shape index (κ2) is 6.72. The van der Waals surface area contributed by atoms with Crippen LogP contribution >= 0.6 is 11.3 Å². The molecule has 0 N–H and O–H groups in total. The molecule has 0 bridgehead atoms. The van der Waals surface area contributed by atoms with E-state index in [4.69, 9.17) is 0 Å². The number of benzene rings is 1. The summed E-state index contributed by atoms with van der Waals surface area (Å²) in [6.07, 6.45) is 5.81. The predicted octanol–water partition coefficient (Wildman–Crippen LogP) is 3.20. The summed E-state index contributed by atoms with van der Waals surface area (Å²) in [5, 5.41) is 9.33. The van der Waals surface area contributed by atoms with Crippen molar-refractivity contribution in [1.82, 2.24) is 29.4 Å². The molecule has 5 rings (SSSR count). The molecular weight excluding hydrogens is 372 g/mol. The van der Waals surface area contributed by atoms with Crippen LogP contribution in [0.4, 0.5) is 0 Å². The molecule has 0 atom stereocenters. The van der Waals surface area contributed by atoms with Gasteiger partial charge in [-0.15, -0.1) is 5.10 Å². The van der Waals surface area contributed by atoms with E-state index in [0.29, 0.717) is 18.0 Å². The topological polar surface area (TPSA) is 68.8 Å². The molecule has 1 fully saturated rings. The number of amides is 1. The first-order valence-electron chi connectivity index (χ1n) is 9.06. The number of hydrogen-bond acceptors (Lipinski definition) is 5. The number of likely N-dealkylation sites (tertiary alicyclic amines) is 1. The molecule has 1 aliphatic heterocycles. The molecule has 1 amide bonds. The fourth-order valence-corrected chi connectivity index (χ4v) is 4.28. The molecule has 8 heteroatoms. The number of aromatic nitrogens is 5. The van der Waals surface area contributed by atoms with Crippen molar-refractivity contribution in [2.45, 2.75) is 13.0 Å². The number of aryl methyl sites for hydroxylation is 1. The van der Waals surface area contributed by atoms with Crippen LogP contribution in [0, 0.1) is 6.92 Å². The number of nitrogens with zero attached hydrogens (tertiary/aromatic N) is 6. The van der Waals surface area contributed by atoms with Gasteiger partial charge in [-0.1, -0.05) is 46.9 Å². The van der Waals surface area contributed by atoms with Gasteiger partial charge in [0.25, 0.3) is 5.91 Å². The molecule has 1 saturated heterocycles. The van der Waals surface area contributed by atoms with Crippen molar-refractivity contribution in [1.29, 1.82) is 0 Å². The summed E-state index contributed by atoms with van der Waals surface area (Å²) < 4.78 is 3.78. The maximum atomic E-state index is 12.9. The van der Waals surface area contributed by atoms with E-state index in [1.165, 1.54) is 11.3 Å². The molecule has 4 heterocycles. The highest BCUT2D eigenvalue weighted by Gasteiger charge is 2.35. The van der Waals surface area contributed by atoms with Gasteiger partial charge < -0.3 is 9.47 Å². The molecule has 3 aromatic heterocycles. The molecule has 0 aliphatic carbocycles. The van der Waals surface area contributed by atoms with Gasteiger partial charge in [-0.3, -0.25) is 4.79 Å². The van der Waals surface area contributed by atoms with Gasteiger partial charge >= 0.3 is 0 Å². The average Bonchev–Trinajstić information content (AvgIpc) is 3.42. The van der Waals surface area contributed by atoms with Crippen molar-refractivity contribution in [3.05, 3.63) is 71.6 Å². The van der Waals surface area contributed by atoms with Crippen LogP contribution in [0.25, 0.3) is 16.4 Å². The molecule has 0 saturated carbocycles. The Bertz CT molecular complexity index is 1110. The van der Waals surface area contributed by atoms with E-state index in [1.807, 2.05) is 82.1 Å². The van der Waals surface area contributed by atoms with Gasteiger partial charge in [0.05, 0.1) is 17.9 Å². The molecule has 0 unspecified atom stereocenters. The van der Waals surface area contributed by atoms with Crippen LogP contribution in [-0.2, 0) is 0 Å². The summed E-state index contributed by atoms with van der Waals surface area (Å²) in [5.41, 5.74) is 2.66. The lowest BCUT2D eigenvalue weighted by Crippen LogP contribution is -2.50. The Morgan fingerprint density at radius 2 is 1.86 bits per heavy atom. The molecule has 0 radical (unpaired) electrons. The monoisotopic (exact) mass is 390 g/mol. The second-order valence-electron chi connectivity index (χ2n) is 6.82. The summed E-state index contributed by atoms with van der Waals surface area (Å²) in [6, 6.07) is 14.0. The lowest BCUT2D eigenvalue weighted by molar-refractivity contribution is 0.0502. The van der Waals surface area contributed by atoms with E-state index in [2.05, 4.69) is 15.3 Å². The molecular formula is C20H18N6OS. The fraction of sp³-hybridized carbons (Fsp3) is 0.200. The quantitative estimate of drug-likeness (QED) is 0.537.